The molecule has 4 rings (SSSR count). The van der Waals surface area contributed by atoms with Gasteiger partial charge in [0.15, 0.2) is 13.3 Å². The highest BCUT2D eigenvalue weighted by Gasteiger charge is 2.43. The number of amides is 4. The summed E-state index contributed by atoms with van der Waals surface area (Å²) in [5.74, 6) is -1.44. The minimum Gasteiger partial charge on any atom is -0.309 e. The van der Waals surface area contributed by atoms with E-state index in [0.717, 1.165) is 51.9 Å². The molecule has 0 bridgehead atoms. The normalized spacial score (nSPS) is 15.7. The molecule has 0 fully saturated rings. The van der Waals surface area contributed by atoms with Gasteiger partial charge in [-0.2, -0.15) is 0 Å². The van der Waals surface area contributed by atoms with Gasteiger partial charge in [0.2, 0.25) is 0 Å². The van der Waals surface area contributed by atoms with Crippen LogP contribution < -0.4 is 0 Å². The van der Waals surface area contributed by atoms with E-state index in [4.69, 9.17) is 0 Å². The first-order valence-corrected chi connectivity index (χ1v) is 14.0. The molecule has 2 aliphatic heterocycles. The zero-order valence-corrected chi connectivity index (χ0v) is 23.8. The van der Waals surface area contributed by atoms with Crippen LogP contribution in [0.5, 0.6) is 0 Å². The van der Waals surface area contributed by atoms with Gasteiger partial charge in [-0.3, -0.25) is 19.2 Å². The molecule has 38 heavy (non-hydrogen) atoms. The Morgan fingerprint density at radius 1 is 0.500 bits per heavy atom. The second-order valence-electron chi connectivity index (χ2n) is 11.6. The number of imide groups is 2. The topological polar surface area (TPSA) is 74.8 Å². The van der Waals surface area contributed by atoms with E-state index in [2.05, 4.69) is 41.8 Å². The van der Waals surface area contributed by atoms with Gasteiger partial charge in [0.25, 0.3) is 23.6 Å². The maximum Gasteiger partial charge on any atom is 0.265 e. The molecule has 8 nitrogen and oxygen atoms in total. The lowest BCUT2D eigenvalue weighted by atomic mass is 9.86. The Hall–Kier alpha value is -3.10. The molecule has 0 aromatic heterocycles. The smallest absolute Gasteiger partial charge is 0.265 e. The van der Waals surface area contributed by atoms with Crippen molar-refractivity contribution in [1.29, 1.82) is 0 Å². The fraction of sp³-hybridized carbons (Fsp3) is 0.533. The maximum absolute atomic E-state index is 13.7. The molecule has 0 radical (unpaired) electrons. The second-order valence-corrected chi connectivity index (χ2v) is 11.6. The van der Waals surface area contributed by atoms with Crippen molar-refractivity contribution in [2.24, 2.45) is 0 Å². The first kappa shape index (κ1) is 27.9. The van der Waals surface area contributed by atoms with Crippen LogP contribution in [0.25, 0.3) is 10.8 Å². The number of benzene rings is 2. The fourth-order valence-electron chi connectivity index (χ4n) is 6.58. The van der Waals surface area contributed by atoms with E-state index >= 15 is 0 Å². The Morgan fingerprint density at radius 2 is 0.737 bits per heavy atom. The fourth-order valence-corrected chi connectivity index (χ4v) is 6.58. The van der Waals surface area contributed by atoms with Crippen molar-refractivity contribution in [3.8, 4) is 0 Å². The molecule has 2 aromatic rings. The number of quaternary nitrogens is 2. The van der Waals surface area contributed by atoms with Gasteiger partial charge in [-0.1, -0.05) is 27.7 Å². The quantitative estimate of drug-likeness (QED) is 0.304. The minimum atomic E-state index is -0.361. The summed E-state index contributed by atoms with van der Waals surface area (Å²) < 4.78 is 1.19. The first-order valence-electron chi connectivity index (χ1n) is 14.0. The number of carbonyl (C=O) groups is 4. The van der Waals surface area contributed by atoms with Crippen molar-refractivity contribution < 1.29 is 28.1 Å². The average molecular weight is 523 g/mol. The van der Waals surface area contributed by atoms with Gasteiger partial charge in [-0.15, -0.1) is 0 Å². The summed E-state index contributed by atoms with van der Waals surface area (Å²) in [6.07, 6.45) is 3.78. The molecule has 2 aliphatic rings. The number of hydrogen-bond donors (Lipinski definition) is 0. The Bertz CT molecular complexity index is 1120. The Balaban J connectivity index is 1.78. The van der Waals surface area contributed by atoms with Crippen LogP contribution in [0, 0.1) is 0 Å². The van der Waals surface area contributed by atoms with Crippen molar-refractivity contribution in [3.63, 3.8) is 0 Å². The van der Waals surface area contributed by atoms with Crippen LogP contribution in [-0.2, 0) is 0 Å². The molecule has 0 saturated heterocycles. The summed E-state index contributed by atoms with van der Waals surface area (Å²) >= 11 is 0. The molecule has 0 aliphatic carbocycles. The molecule has 0 spiro atoms. The average Bonchev–Trinajstić information content (AvgIpc) is 2.87. The first-order chi connectivity index (χ1) is 18.0. The van der Waals surface area contributed by atoms with E-state index in [1.807, 2.05) is 0 Å². The van der Waals surface area contributed by atoms with Crippen LogP contribution in [-0.4, -0.2) is 96.0 Å². The van der Waals surface area contributed by atoms with Gasteiger partial charge in [-0.05, 0) is 49.9 Å². The predicted molar refractivity (Wildman–Crippen MR) is 148 cm³/mol. The summed E-state index contributed by atoms with van der Waals surface area (Å²) in [7, 11) is 4.16. The third kappa shape index (κ3) is 4.64. The van der Waals surface area contributed by atoms with Gasteiger partial charge in [0.1, 0.15) is 0 Å². The SMILES string of the molecule is CCC[N+](C)(CCC)CN1C(=O)c2ccc3c4c(ccc(c24)C1=O)C(=O)N(C[N+](C)(CCC)CCC)C3=O. The summed E-state index contributed by atoms with van der Waals surface area (Å²) in [5.41, 5.74) is 1.52. The molecule has 4 amide bonds. The molecular weight excluding hydrogens is 480 g/mol. The van der Waals surface area contributed by atoms with Crippen LogP contribution in [0.3, 0.4) is 0 Å². The van der Waals surface area contributed by atoms with Crippen molar-refractivity contribution in [2.45, 2.75) is 53.4 Å². The third-order valence-corrected chi connectivity index (χ3v) is 8.08. The number of rotatable bonds is 12. The largest absolute Gasteiger partial charge is 0.309 e. The lowest BCUT2D eigenvalue weighted by Gasteiger charge is -2.40. The van der Waals surface area contributed by atoms with Gasteiger partial charge in [0.05, 0.1) is 40.3 Å². The molecule has 2 heterocycles. The van der Waals surface area contributed by atoms with Crippen molar-refractivity contribution in [1.82, 2.24) is 9.80 Å². The molecule has 8 heteroatoms. The summed E-state index contributed by atoms with van der Waals surface area (Å²) in [5, 5.41) is 0.874. The van der Waals surface area contributed by atoms with Crippen molar-refractivity contribution >= 4 is 34.4 Å². The van der Waals surface area contributed by atoms with Crippen LogP contribution in [0.15, 0.2) is 24.3 Å². The minimum absolute atomic E-state index is 0.292. The lowest BCUT2D eigenvalue weighted by Crippen LogP contribution is -2.57. The lowest BCUT2D eigenvalue weighted by molar-refractivity contribution is -0.916. The number of nitrogens with zero attached hydrogens (tertiary/aromatic N) is 4. The van der Waals surface area contributed by atoms with E-state index in [0.29, 0.717) is 55.3 Å². The zero-order valence-electron chi connectivity index (χ0n) is 23.8. The second kappa shape index (κ2) is 10.6. The maximum atomic E-state index is 13.7. The molecule has 0 atom stereocenters. The Morgan fingerprint density at radius 3 is 0.947 bits per heavy atom. The summed E-state index contributed by atoms with van der Waals surface area (Å²) in [6, 6.07) is 6.65. The molecule has 0 N–H and O–H groups in total. The van der Waals surface area contributed by atoms with Crippen LogP contribution in [0.2, 0.25) is 0 Å². The third-order valence-electron chi connectivity index (χ3n) is 8.08. The van der Waals surface area contributed by atoms with Gasteiger partial charge >= 0.3 is 0 Å². The molecular formula is C30H42N4O4+2. The molecule has 204 valence electrons. The summed E-state index contributed by atoms with van der Waals surface area (Å²) in [6.45, 7) is 12.4. The highest BCUT2D eigenvalue weighted by Crippen LogP contribution is 2.38. The summed E-state index contributed by atoms with van der Waals surface area (Å²) in [4.78, 5) is 57.5. The molecule has 0 unspecified atom stereocenters. The van der Waals surface area contributed by atoms with Gasteiger partial charge in [0, 0.05) is 33.0 Å². The van der Waals surface area contributed by atoms with E-state index < -0.39 is 0 Å². The highest BCUT2D eigenvalue weighted by atomic mass is 16.2. The zero-order chi connectivity index (χ0) is 27.8. The Kier molecular flexibility index (Phi) is 7.77. The van der Waals surface area contributed by atoms with Gasteiger partial charge < -0.3 is 8.97 Å². The molecule has 0 saturated carbocycles. The van der Waals surface area contributed by atoms with E-state index in [1.165, 1.54) is 9.80 Å². The van der Waals surface area contributed by atoms with E-state index in [-0.39, 0.29) is 23.6 Å². The van der Waals surface area contributed by atoms with Crippen LogP contribution in [0.4, 0.5) is 0 Å². The highest BCUT2D eigenvalue weighted by molar-refractivity contribution is 6.33. The molecule has 2 aromatic carbocycles. The number of carbonyl (C=O) groups excluding carboxylic acids is 4. The monoisotopic (exact) mass is 522 g/mol. The number of hydrogen-bond acceptors (Lipinski definition) is 4. The van der Waals surface area contributed by atoms with Crippen LogP contribution in [0.1, 0.15) is 94.8 Å². The van der Waals surface area contributed by atoms with E-state index in [9.17, 15) is 19.2 Å². The van der Waals surface area contributed by atoms with Crippen LogP contribution >= 0.6 is 0 Å². The van der Waals surface area contributed by atoms with Crippen molar-refractivity contribution in [2.75, 3.05) is 53.6 Å². The Labute approximate surface area is 226 Å². The van der Waals surface area contributed by atoms with E-state index in [1.54, 1.807) is 24.3 Å². The van der Waals surface area contributed by atoms with Gasteiger partial charge in [-0.25, -0.2) is 9.80 Å². The standard InChI is InChI=1S/C30H42N4O4/c1-7-15-33(5,16-8-2)19-31-27(35)21-11-13-23-26-24(14-12-22(25(21)26)28(31)36)30(38)32(29(23)37)20-34(6,17-9-3)18-10-4/h11-14H,7-10,15-20H2,1-6H3/q+2. The predicted octanol–water partition coefficient (Wildman–Crippen LogP) is 4.48. The van der Waals surface area contributed by atoms with Crippen molar-refractivity contribution in [3.05, 3.63) is 46.5 Å².